The van der Waals surface area contributed by atoms with Crippen LogP contribution in [0.2, 0.25) is 5.02 Å². The summed E-state index contributed by atoms with van der Waals surface area (Å²) >= 11 is 5.97. The van der Waals surface area contributed by atoms with Crippen molar-refractivity contribution >= 4 is 11.6 Å². The first-order valence-corrected chi connectivity index (χ1v) is 6.17. The summed E-state index contributed by atoms with van der Waals surface area (Å²) in [6.07, 6.45) is 1.70. The summed E-state index contributed by atoms with van der Waals surface area (Å²) in [7, 11) is 3.72. The van der Waals surface area contributed by atoms with Gasteiger partial charge in [0, 0.05) is 24.7 Å². The van der Waals surface area contributed by atoms with Crippen LogP contribution >= 0.6 is 11.6 Å². The van der Waals surface area contributed by atoms with E-state index in [9.17, 15) is 0 Å². The summed E-state index contributed by atoms with van der Waals surface area (Å²) < 4.78 is 5.30. The molecule has 0 saturated heterocycles. The van der Waals surface area contributed by atoms with Crippen LogP contribution in [0.25, 0.3) is 0 Å². The number of aliphatic hydroxyl groups excluding tert-OH is 1. The monoisotopic (exact) mass is 257 g/mol. The second-order valence-corrected chi connectivity index (χ2v) is 4.52. The molecule has 0 unspecified atom stereocenters. The first-order chi connectivity index (χ1) is 8.17. The van der Waals surface area contributed by atoms with Gasteiger partial charge < -0.3 is 14.7 Å². The topological polar surface area (TPSA) is 32.7 Å². The van der Waals surface area contributed by atoms with Crippen LogP contribution in [0, 0.1) is 0 Å². The number of methoxy groups -OCH3 is 1. The lowest BCUT2D eigenvalue weighted by Crippen LogP contribution is -2.23. The van der Waals surface area contributed by atoms with Crippen LogP contribution in [0.15, 0.2) is 18.2 Å². The summed E-state index contributed by atoms with van der Waals surface area (Å²) in [6.45, 7) is 2.07. The van der Waals surface area contributed by atoms with Crippen LogP contribution in [-0.2, 0) is 6.42 Å². The number of benzene rings is 1. The van der Waals surface area contributed by atoms with Gasteiger partial charge in [-0.3, -0.25) is 0 Å². The van der Waals surface area contributed by atoms with Crippen LogP contribution in [0.4, 0.5) is 0 Å². The van der Waals surface area contributed by atoms with Gasteiger partial charge in [-0.15, -0.1) is 0 Å². The van der Waals surface area contributed by atoms with Crippen LogP contribution in [-0.4, -0.2) is 43.9 Å². The molecule has 1 aromatic carbocycles. The van der Waals surface area contributed by atoms with Gasteiger partial charge in [-0.2, -0.15) is 0 Å². The molecule has 0 saturated carbocycles. The molecule has 4 heteroatoms. The molecule has 0 amide bonds. The maximum atomic E-state index is 8.75. The van der Waals surface area contributed by atoms with E-state index < -0.39 is 0 Å². The number of likely N-dealkylation sites (N-methyl/N-ethyl adjacent to an activating group) is 1. The third-order valence-electron chi connectivity index (χ3n) is 2.70. The van der Waals surface area contributed by atoms with E-state index in [4.69, 9.17) is 21.4 Å². The van der Waals surface area contributed by atoms with Crippen molar-refractivity contribution in [1.29, 1.82) is 0 Å². The first kappa shape index (κ1) is 14.3. The minimum Gasteiger partial charge on any atom is -0.496 e. The van der Waals surface area contributed by atoms with Crippen LogP contribution < -0.4 is 4.74 Å². The fourth-order valence-electron chi connectivity index (χ4n) is 1.71. The Labute approximate surface area is 108 Å². The largest absolute Gasteiger partial charge is 0.496 e. The van der Waals surface area contributed by atoms with Crippen molar-refractivity contribution in [3.05, 3.63) is 28.8 Å². The number of hydrogen-bond acceptors (Lipinski definition) is 3. The van der Waals surface area contributed by atoms with Crippen LogP contribution in [0.3, 0.4) is 0 Å². The van der Waals surface area contributed by atoms with Crippen molar-refractivity contribution < 1.29 is 9.84 Å². The molecule has 17 heavy (non-hydrogen) atoms. The molecular weight excluding hydrogens is 238 g/mol. The van der Waals surface area contributed by atoms with E-state index in [0.29, 0.717) is 0 Å². The Kier molecular flexibility index (Phi) is 6.34. The SMILES string of the molecule is COc1ccc(Cl)cc1CCN(C)CCCO. The number of halogens is 1. The zero-order chi connectivity index (χ0) is 12.7. The lowest BCUT2D eigenvalue weighted by molar-refractivity contribution is 0.248. The molecule has 0 fully saturated rings. The van der Waals surface area contributed by atoms with E-state index in [1.165, 1.54) is 0 Å². The minimum absolute atomic E-state index is 0.241. The van der Waals surface area contributed by atoms with Gasteiger partial charge in [0.2, 0.25) is 0 Å². The summed E-state index contributed by atoms with van der Waals surface area (Å²) in [4.78, 5) is 2.19. The van der Waals surface area contributed by atoms with Crippen LogP contribution in [0.1, 0.15) is 12.0 Å². The van der Waals surface area contributed by atoms with Gasteiger partial charge in [0.15, 0.2) is 0 Å². The smallest absolute Gasteiger partial charge is 0.122 e. The lowest BCUT2D eigenvalue weighted by Gasteiger charge is -2.17. The number of nitrogens with zero attached hydrogens (tertiary/aromatic N) is 1. The molecule has 0 aromatic heterocycles. The molecule has 3 nitrogen and oxygen atoms in total. The molecular formula is C13H20ClNO2. The van der Waals surface area contributed by atoms with E-state index >= 15 is 0 Å². The highest BCUT2D eigenvalue weighted by Gasteiger charge is 2.05. The summed E-state index contributed by atoms with van der Waals surface area (Å²) in [6, 6.07) is 5.67. The normalized spacial score (nSPS) is 10.9. The highest BCUT2D eigenvalue weighted by molar-refractivity contribution is 6.30. The fraction of sp³-hybridized carbons (Fsp3) is 0.538. The summed E-state index contributed by atoms with van der Waals surface area (Å²) in [5, 5.41) is 9.49. The highest BCUT2D eigenvalue weighted by Crippen LogP contribution is 2.23. The Hall–Kier alpha value is -0.770. The van der Waals surface area contributed by atoms with Gasteiger partial charge in [0.25, 0.3) is 0 Å². The van der Waals surface area contributed by atoms with Crippen molar-refractivity contribution in [1.82, 2.24) is 4.90 Å². The Morgan fingerprint density at radius 3 is 2.76 bits per heavy atom. The van der Waals surface area contributed by atoms with Gasteiger partial charge in [-0.05, 0) is 43.7 Å². The van der Waals surface area contributed by atoms with E-state index in [1.807, 2.05) is 25.2 Å². The predicted octanol–water partition coefficient (Wildman–Crippen LogP) is 2.21. The first-order valence-electron chi connectivity index (χ1n) is 5.79. The Morgan fingerprint density at radius 2 is 2.12 bits per heavy atom. The summed E-state index contributed by atoms with van der Waals surface area (Å²) in [5.74, 6) is 0.880. The molecule has 1 N–H and O–H groups in total. The van der Waals surface area contributed by atoms with Gasteiger partial charge in [-0.1, -0.05) is 11.6 Å². The third kappa shape index (κ3) is 4.94. The van der Waals surface area contributed by atoms with E-state index in [1.54, 1.807) is 7.11 Å². The molecule has 0 atom stereocenters. The number of aliphatic hydroxyl groups is 1. The van der Waals surface area contributed by atoms with Crippen molar-refractivity contribution in [2.24, 2.45) is 0 Å². The van der Waals surface area contributed by atoms with Gasteiger partial charge >= 0.3 is 0 Å². The Morgan fingerprint density at radius 1 is 1.35 bits per heavy atom. The average Bonchev–Trinajstić information content (AvgIpc) is 2.34. The standard InChI is InChI=1S/C13H20ClNO2/c1-15(7-3-9-16)8-6-11-10-12(14)4-5-13(11)17-2/h4-5,10,16H,3,6-9H2,1-2H3. The maximum Gasteiger partial charge on any atom is 0.122 e. The zero-order valence-electron chi connectivity index (χ0n) is 10.4. The van der Waals surface area contributed by atoms with E-state index in [2.05, 4.69) is 4.90 Å². The molecule has 0 bridgehead atoms. The molecule has 96 valence electrons. The maximum absolute atomic E-state index is 8.75. The number of hydrogen-bond donors (Lipinski definition) is 1. The predicted molar refractivity (Wildman–Crippen MR) is 70.9 cm³/mol. The molecule has 0 radical (unpaired) electrons. The van der Waals surface area contributed by atoms with Crippen molar-refractivity contribution in [2.45, 2.75) is 12.8 Å². The number of ether oxygens (including phenoxy) is 1. The summed E-state index contributed by atoms with van der Waals surface area (Å²) in [5.41, 5.74) is 1.12. The fourth-order valence-corrected chi connectivity index (χ4v) is 1.90. The highest BCUT2D eigenvalue weighted by atomic mass is 35.5. The molecule has 1 rings (SSSR count). The minimum atomic E-state index is 0.241. The Balaban J connectivity index is 2.52. The van der Waals surface area contributed by atoms with Crippen molar-refractivity contribution in [3.8, 4) is 5.75 Å². The van der Waals surface area contributed by atoms with Gasteiger partial charge in [0.1, 0.15) is 5.75 Å². The zero-order valence-corrected chi connectivity index (χ0v) is 11.2. The molecule has 0 heterocycles. The third-order valence-corrected chi connectivity index (χ3v) is 2.94. The van der Waals surface area contributed by atoms with E-state index in [0.717, 1.165) is 42.3 Å². The van der Waals surface area contributed by atoms with Gasteiger partial charge in [0.05, 0.1) is 7.11 Å². The quantitative estimate of drug-likeness (QED) is 0.813. The molecule has 0 aliphatic carbocycles. The second kappa shape index (κ2) is 7.54. The van der Waals surface area contributed by atoms with Crippen LogP contribution in [0.5, 0.6) is 5.75 Å². The Bertz CT molecular complexity index is 344. The van der Waals surface area contributed by atoms with Crippen molar-refractivity contribution in [2.75, 3.05) is 33.9 Å². The lowest BCUT2D eigenvalue weighted by atomic mass is 10.1. The van der Waals surface area contributed by atoms with Gasteiger partial charge in [-0.25, -0.2) is 0 Å². The average molecular weight is 258 g/mol. The van der Waals surface area contributed by atoms with E-state index in [-0.39, 0.29) is 6.61 Å². The molecule has 0 spiro atoms. The molecule has 0 aliphatic rings. The van der Waals surface area contributed by atoms with Crippen molar-refractivity contribution in [3.63, 3.8) is 0 Å². The second-order valence-electron chi connectivity index (χ2n) is 4.09. The molecule has 0 aliphatic heterocycles. The molecule has 1 aromatic rings. The number of rotatable bonds is 7.